The summed E-state index contributed by atoms with van der Waals surface area (Å²) in [6.07, 6.45) is 3.40. The van der Waals surface area contributed by atoms with Crippen molar-refractivity contribution in [2.75, 3.05) is 19.1 Å². The van der Waals surface area contributed by atoms with Crippen molar-refractivity contribution >= 4 is 17.6 Å². The van der Waals surface area contributed by atoms with E-state index >= 15 is 0 Å². The van der Waals surface area contributed by atoms with Crippen molar-refractivity contribution in [3.05, 3.63) is 29.8 Å². The van der Waals surface area contributed by atoms with Crippen molar-refractivity contribution in [1.29, 1.82) is 0 Å². The van der Waals surface area contributed by atoms with Crippen LogP contribution in [0.25, 0.3) is 0 Å². The first-order valence-electron chi connectivity index (χ1n) is 7.08. The maximum Gasteiger partial charge on any atom is 0.310 e. The Balaban J connectivity index is 2.18. The van der Waals surface area contributed by atoms with Crippen LogP contribution in [-0.4, -0.2) is 26.0 Å². The van der Waals surface area contributed by atoms with E-state index in [2.05, 4.69) is 0 Å². The van der Waals surface area contributed by atoms with E-state index in [1.807, 2.05) is 24.3 Å². The SMILES string of the molecule is COC(=O)[C@@H]1CCCC[C@@]12C(=O)N(C)c1ccccc12. The summed E-state index contributed by atoms with van der Waals surface area (Å²) < 4.78 is 4.97. The second-order valence-electron chi connectivity index (χ2n) is 5.67. The highest BCUT2D eigenvalue weighted by atomic mass is 16.5. The average Bonchev–Trinajstić information content (AvgIpc) is 2.71. The molecule has 4 nitrogen and oxygen atoms in total. The van der Waals surface area contributed by atoms with Crippen molar-refractivity contribution in [2.45, 2.75) is 31.1 Å². The lowest BCUT2D eigenvalue weighted by atomic mass is 9.63. The number of rotatable bonds is 1. The number of likely N-dealkylation sites (N-methyl/N-ethyl adjacent to an activating group) is 1. The summed E-state index contributed by atoms with van der Waals surface area (Å²) in [4.78, 5) is 26.8. The number of nitrogens with zero attached hydrogens (tertiary/aromatic N) is 1. The fraction of sp³-hybridized carbons (Fsp3) is 0.500. The number of fused-ring (bicyclic) bond motifs is 2. The topological polar surface area (TPSA) is 46.6 Å². The Morgan fingerprint density at radius 2 is 2.10 bits per heavy atom. The zero-order chi connectivity index (χ0) is 14.3. The fourth-order valence-corrected chi connectivity index (χ4v) is 3.88. The van der Waals surface area contributed by atoms with E-state index in [0.717, 1.165) is 36.9 Å². The summed E-state index contributed by atoms with van der Waals surface area (Å²) in [6.45, 7) is 0. The molecule has 1 aromatic rings. The molecule has 1 aliphatic carbocycles. The summed E-state index contributed by atoms with van der Waals surface area (Å²) in [5.74, 6) is -0.586. The van der Waals surface area contributed by atoms with Crippen LogP contribution in [0.2, 0.25) is 0 Å². The molecule has 0 N–H and O–H groups in total. The molecule has 0 unspecified atom stereocenters. The van der Waals surface area contributed by atoms with Crippen LogP contribution in [0, 0.1) is 5.92 Å². The number of benzene rings is 1. The molecule has 106 valence electrons. The Bertz CT molecular complexity index is 569. The van der Waals surface area contributed by atoms with Gasteiger partial charge in [0.15, 0.2) is 0 Å². The molecular weight excluding hydrogens is 254 g/mol. The van der Waals surface area contributed by atoms with Gasteiger partial charge in [-0.2, -0.15) is 0 Å². The monoisotopic (exact) mass is 273 g/mol. The fourth-order valence-electron chi connectivity index (χ4n) is 3.88. The zero-order valence-electron chi connectivity index (χ0n) is 11.9. The van der Waals surface area contributed by atoms with Gasteiger partial charge in [-0.05, 0) is 24.5 Å². The third-order valence-electron chi connectivity index (χ3n) is 4.83. The predicted molar refractivity (Wildman–Crippen MR) is 75.5 cm³/mol. The van der Waals surface area contributed by atoms with Crippen molar-refractivity contribution < 1.29 is 14.3 Å². The van der Waals surface area contributed by atoms with Gasteiger partial charge in [-0.1, -0.05) is 31.0 Å². The van der Waals surface area contributed by atoms with Crippen LogP contribution in [0.5, 0.6) is 0 Å². The lowest BCUT2D eigenvalue weighted by molar-refractivity contribution is -0.152. The van der Waals surface area contributed by atoms with Gasteiger partial charge in [0, 0.05) is 12.7 Å². The maximum absolute atomic E-state index is 12.9. The number of hydrogen-bond donors (Lipinski definition) is 0. The van der Waals surface area contributed by atoms with E-state index in [0.29, 0.717) is 0 Å². The van der Waals surface area contributed by atoms with Gasteiger partial charge in [0.05, 0.1) is 18.4 Å². The van der Waals surface area contributed by atoms with Crippen LogP contribution < -0.4 is 4.90 Å². The van der Waals surface area contributed by atoms with Crippen LogP contribution in [0.1, 0.15) is 31.2 Å². The number of esters is 1. The molecule has 0 radical (unpaired) electrons. The van der Waals surface area contributed by atoms with E-state index in [1.165, 1.54) is 7.11 Å². The molecular formula is C16H19NO3. The van der Waals surface area contributed by atoms with Gasteiger partial charge in [0.25, 0.3) is 0 Å². The third kappa shape index (κ3) is 1.54. The van der Waals surface area contributed by atoms with Gasteiger partial charge in [-0.15, -0.1) is 0 Å². The molecule has 1 fully saturated rings. The molecule has 1 spiro atoms. The molecule has 20 heavy (non-hydrogen) atoms. The highest BCUT2D eigenvalue weighted by molar-refractivity contribution is 6.10. The summed E-state index contributed by atoms with van der Waals surface area (Å²) >= 11 is 0. The predicted octanol–water partition coefficient (Wildman–Crippen LogP) is 2.26. The summed E-state index contributed by atoms with van der Waals surface area (Å²) in [6, 6.07) is 7.80. The highest BCUT2D eigenvalue weighted by Crippen LogP contribution is 2.52. The molecule has 2 aliphatic rings. The lowest BCUT2D eigenvalue weighted by Gasteiger charge is -2.38. The third-order valence-corrected chi connectivity index (χ3v) is 4.83. The van der Waals surface area contributed by atoms with Gasteiger partial charge < -0.3 is 9.64 Å². The van der Waals surface area contributed by atoms with Gasteiger partial charge in [-0.3, -0.25) is 9.59 Å². The number of methoxy groups -OCH3 is 1. The summed E-state index contributed by atoms with van der Waals surface area (Å²) in [5, 5.41) is 0. The molecule has 0 saturated heterocycles. The molecule has 1 aliphatic heterocycles. The second kappa shape index (κ2) is 4.62. The van der Waals surface area contributed by atoms with Gasteiger partial charge >= 0.3 is 5.97 Å². The van der Waals surface area contributed by atoms with Gasteiger partial charge in [0.1, 0.15) is 0 Å². The molecule has 2 atom stereocenters. The van der Waals surface area contributed by atoms with Gasteiger partial charge in [-0.25, -0.2) is 0 Å². The minimum absolute atomic E-state index is 0.0359. The Hall–Kier alpha value is -1.84. The molecule has 0 aromatic heterocycles. The Morgan fingerprint density at radius 3 is 2.85 bits per heavy atom. The standard InChI is InChI=1S/C16H19NO3/c1-17-13-9-4-3-7-11(13)16(15(17)19)10-6-5-8-12(16)14(18)20-2/h3-4,7,9,12H,5-6,8,10H2,1-2H3/t12-,16-/m0/s1. The van der Waals surface area contributed by atoms with Gasteiger partial charge in [0.2, 0.25) is 5.91 Å². The second-order valence-corrected chi connectivity index (χ2v) is 5.67. The van der Waals surface area contributed by atoms with Crippen LogP contribution in [-0.2, 0) is 19.7 Å². The quantitative estimate of drug-likeness (QED) is 0.737. The molecule has 1 saturated carbocycles. The molecule has 4 heteroatoms. The van der Waals surface area contributed by atoms with Crippen LogP contribution in [0.4, 0.5) is 5.69 Å². The first-order chi connectivity index (χ1) is 9.63. The lowest BCUT2D eigenvalue weighted by Crippen LogP contribution is -2.49. The van der Waals surface area contributed by atoms with Crippen molar-refractivity contribution in [2.24, 2.45) is 5.92 Å². The minimum Gasteiger partial charge on any atom is -0.469 e. The zero-order valence-corrected chi connectivity index (χ0v) is 11.9. The molecule has 1 amide bonds. The number of ether oxygens (including phenoxy) is 1. The first-order valence-corrected chi connectivity index (χ1v) is 7.08. The first kappa shape index (κ1) is 13.2. The average molecular weight is 273 g/mol. The number of carbonyl (C=O) groups is 2. The number of carbonyl (C=O) groups excluding carboxylic acids is 2. The summed E-state index contributed by atoms with van der Waals surface area (Å²) in [5.41, 5.74) is 1.20. The smallest absolute Gasteiger partial charge is 0.310 e. The normalized spacial score (nSPS) is 28.6. The molecule has 3 rings (SSSR count). The van der Waals surface area contributed by atoms with Crippen LogP contribution >= 0.6 is 0 Å². The summed E-state index contributed by atoms with van der Waals surface area (Å²) in [7, 11) is 3.19. The van der Waals surface area contributed by atoms with Crippen molar-refractivity contribution in [3.63, 3.8) is 0 Å². The van der Waals surface area contributed by atoms with Crippen molar-refractivity contribution in [3.8, 4) is 0 Å². The Kier molecular flexibility index (Phi) is 3.04. The number of para-hydroxylation sites is 1. The maximum atomic E-state index is 12.9. The van der Waals surface area contributed by atoms with Crippen LogP contribution in [0.3, 0.4) is 0 Å². The van der Waals surface area contributed by atoms with Crippen LogP contribution in [0.15, 0.2) is 24.3 Å². The van der Waals surface area contributed by atoms with E-state index < -0.39 is 5.41 Å². The van der Waals surface area contributed by atoms with E-state index in [9.17, 15) is 9.59 Å². The molecule has 0 bridgehead atoms. The van der Waals surface area contributed by atoms with E-state index in [1.54, 1.807) is 11.9 Å². The minimum atomic E-state index is -0.712. The largest absolute Gasteiger partial charge is 0.469 e. The number of amides is 1. The number of anilines is 1. The highest BCUT2D eigenvalue weighted by Gasteiger charge is 2.57. The van der Waals surface area contributed by atoms with Crippen molar-refractivity contribution in [1.82, 2.24) is 0 Å². The number of hydrogen-bond acceptors (Lipinski definition) is 3. The Labute approximate surface area is 118 Å². The molecule has 1 aromatic carbocycles. The Morgan fingerprint density at radius 1 is 1.35 bits per heavy atom. The van der Waals surface area contributed by atoms with E-state index in [4.69, 9.17) is 4.74 Å². The molecule has 1 heterocycles. The van der Waals surface area contributed by atoms with E-state index in [-0.39, 0.29) is 17.8 Å².